The van der Waals surface area contributed by atoms with Crippen LogP contribution in [0, 0.1) is 0 Å². The molecule has 0 saturated carbocycles. The highest BCUT2D eigenvalue weighted by Crippen LogP contribution is 2.16. The first-order chi connectivity index (χ1) is 9.51. The summed E-state index contributed by atoms with van der Waals surface area (Å²) in [4.78, 5) is 12.2. The van der Waals surface area contributed by atoms with Gasteiger partial charge in [-0.1, -0.05) is 19.1 Å². The Morgan fingerprint density at radius 2 is 2.05 bits per heavy atom. The van der Waals surface area contributed by atoms with Crippen molar-refractivity contribution in [3.8, 4) is 0 Å². The SMILES string of the molecule is CCc1cc(C(=O)Nc2ccc(C(C)O)cc2)n(C)n1. The number of carbonyl (C=O) groups excluding carboxylic acids is 1. The van der Waals surface area contributed by atoms with Crippen LogP contribution in [0.2, 0.25) is 0 Å². The van der Waals surface area contributed by atoms with Gasteiger partial charge in [-0.3, -0.25) is 9.48 Å². The Morgan fingerprint density at radius 3 is 2.55 bits per heavy atom. The quantitative estimate of drug-likeness (QED) is 0.898. The first-order valence-electron chi connectivity index (χ1n) is 6.63. The number of hydrogen-bond donors (Lipinski definition) is 2. The normalized spacial score (nSPS) is 12.2. The molecule has 1 aromatic carbocycles. The van der Waals surface area contributed by atoms with E-state index in [1.54, 1.807) is 49.0 Å². The number of nitrogens with one attached hydrogen (secondary N) is 1. The van der Waals surface area contributed by atoms with Crippen LogP contribution in [-0.2, 0) is 13.5 Å². The van der Waals surface area contributed by atoms with Crippen LogP contribution < -0.4 is 5.32 Å². The average molecular weight is 273 g/mol. The van der Waals surface area contributed by atoms with Crippen molar-refractivity contribution in [2.75, 3.05) is 5.32 Å². The number of anilines is 1. The van der Waals surface area contributed by atoms with Gasteiger partial charge in [0, 0.05) is 12.7 Å². The van der Waals surface area contributed by atoms with Crippen molar-refractivity contribution in [2.24, 2.45) is 7.05 Å². The standard InChI is InChI=1S/C15H19N3O2/c1-4-12-9-14(18(3)17-12)15(20)16-13-7-5-11(6-8-13)10(2)19/h5-10,19H,4H2,1-3H3,(H,16,20). The molecule has 0 spiro atoms. The molecule has 1 unspecified atom stereocenters. The number of aliphatic hydroxyl groups is 1. The fourth-order valence-electron chi connectivity index (χ4n) is 1.95. The molecule has 1 aromatic heterocycles. The molecule has 2 N–H and O–H groups in total. The van der Waals surface area contributed by atoms with E-state index in [9.17, 15) is 9.90 Å². The van der Waals surface area contributed by atoms with Crippen LogP contribution in [0.4, 0.5) is 5.69 Å². The summed E-state index contributed by atoms with van der Waals surface area (Å²) >= 11 is 0. The maximum Gasteiger partial charge on any atom is 0.273 e. The molecule has 1 atom stereocenters. The molecule has 0 radical (unpaired) electrons. The lowest BCUT2D eigenvalue weighted by Gasteiger charge is -2.08. The molecule has 0 bridgehead atoms. The summed E-state index contributed by atoms with van der Waals surface area (Å²) in [6, 6.07) is 8.93. The first kappa shape index (κ1) is 14.3. The first-order valence-corrected chi connectivity index (χ1v) is 6.63. The van der Waals surface area contributed by atoms with Crippen molar-refractivity contribution in [1.82, 2.24) is 9.78 Å². The fraction of sp³-hybridized carbons (Fsp3) is 0.333. The maximum absolute atomic E-state index is 12.2. The molecule has 0 aliphatic rings. The minimum Gasteiger partial charge on any atom is -0.389 e. The molecule has 5 nitrogen and oxygen atoms in total. The third-order valence-corrected chi connectivity index (χ3v) is 3.18. The summed E-state index contributed by atoms with van der Waals surface area (Å²) in [5.74, 6) is -0.190. The number of amides is 1. The van der Waals surface area contributed by atoms with Gasteiger partial charge in [0.25, 0.3) is 5.91 Å². The molecule has 0 aliphatic heterocycles. The van der Waals surface area contributed by atoms with Gasteiger partial charge in [0.1, 0.15) is 5.69 Å². The lowest BCUT2D eigenvalue weighted by atomic mass is 10.1. The summed E-state index contributed by atoms with van der Waals surface area (Å²) in [7, 11) is 1.75. The lowest BCUT2D eigenvalue weighted by molar-refractivity contribution is 0.101. The predicted octanol–water partition coefficient (Wildman–Crippen LogP) is 2.29. The molecule has 106 valence electrons. The van der Waals surface area contributed by atoms with Gasteiger partial charge in [-0.25, -0.2) is 0 Å². The van der Waals surface area contributed by atoms with Gasteiger partial charge in [-0.05, 0) is 37.1 Å². The van der Waals surface area contributed by atoms with E-state index in [0.717, 1.165) is 17.7 Å². The lowest BCUT2D eigenvalue weighted by Crippen LogP contribution is -2.16. The summed E-state index contributed by atoms with van der Waals surface area (Å²) in [5.41, 5.74) is 2.93. The molecule has 2 rings (SSSR count). The fourth-order valence-corrected chi connectivity index (χ4v) is 1.95. The molecule has 0 aliphatic carbocycles. The van der Waals surface area contributed by atoms with Crippen LogP contribution in [0.15, 0.2) is 30.3 Å². The highest BCUT2D eigenvalue weighted by molar-refractivity contribution is 6.03. The highest BCUT2D eigenvalue weighted by atomic mass is 16.3. The smallest absolute Gasteiger partial charge is 0.273 e. The second kappa shape index (κ2) is 5.88. The van der Waals surface area contributed by atoms with Crippen LogP contribution in [0.3, 0.4) is 0 Å². The summed E-state index contributed by atoms with van der Waals surface area (Å²) in [6.07, 6.45) is 0.286. The minimum absolute atomic E-state index is 0.190. The van der Waals surface area contributed by atoms with E-state index >= 15 is 0 Å². The largest absolute Gasteiger partial charge is 0.389 e. The van der Waals surface area contributed by atoms with E-state index in [-0.39, 0.29) is 5.91 Å². The molecular formula is C15H19N3O2. The van der Waals surface area contributed by atoms with Gasteiger partial charge in [-0.15, -0.1) is 0 Å². The summed E-state index contributed by atoms with van der Waals surface area (Å²) in [5, 5.41) is 16.5. The zero-order valence-electron chi connectivity index (χ0n) is 11.9. The van der Waals surface area contributed by atoms with Crippen molar-refractivity contribution in [2.45, 2.75) is 26.4 Å². The van der Waals surface area contributed by atoms with E-state index in [1.165, 1.54) is 0 Å². The number of aromatic nitrogens is 2. The van der Waals surface area contributed by atoms with Crippen molar-refractivity contribution in [3.63, 3.8) is 0 Å². The predicted molar refractivity (Wildman–Crippen MR) is 77.6 cm³/mol. The third-order valence-electron chi connectivity index (χ3n) is 3.18. The van der Waals surface area contributed by atoms with Gasteiger partial charge < -0.3 is 10.4 Å². The van der Waals surface area contributed by atoms with Gasteiger partial charge >= 0.3 is 0 Å². The number of aryl methyl sites for hydroxylation is 2. The number of benzene rings is 1. The van der Waals surface area contributed by atoms with Crippen molar-refractivity contribution < 1.29 is 9.90 Å². The molecule has 0 fully saturated rings. The highest BCUT2D eigenvalue weighted by Gasteiger charge is 2.12. The molecular weight excluding hydrogens is 254 g/mol. The van der Waals surface area contributed by atoms with Gasteiger partial charge in [0.2, 0.25) is 0 Å². The van der Waals surface area contributed by atoms with Crippen LogP contribution >= 0.6 is 0 Å². The van der Waals surface area contributed by atoms with Crippen LogP contribution in [-0.4, -0.2) is 20.8 Å². The number of hydrogen-bond acceptors (Lipinski definition) is 3. The zero-order valence-corrected chi connectivity index (χ0v) is 11.9. The van der Waals surface area contributed by atoms with Crippen LogP contribution in [0.1, 0.15) is 41.7 Å². The molecule has 20 heavy (non-hydrogen) atoms. The minimum atomic E-state index is -0.510. The summed E-state index contributed by atoms with van der Waals surface area (Å²) < 4.78 is 1.58. The second-order valence-electron chi connectivity index (χ2n) is 4.75. The average Bonchev–Trinajstić information content (AvgIpc) is 2.80. The Labute approximate surface area is 118 Å². The van der Waals surface area contributed by atoms with E-state index in [2.05, 4.69) is 10.4 Å². The summed E-state index contributed by atoms with van der Waals surface area (Å²) in [6.45, 7) is 3.70. The molecule has 1 heterocycles. The number of aliphatic hydroxyl groups excluding tert-OH is 1. The third kappa shape index (κ3) is 3.05. The van der Waals surface area contributed by atoms with Crippen LogP contribution in [0.5, 0.6) is 0 Å². The van der Waals surface area contributed by atoms with E-state index in [0.29, 0.717) is 11.4 Å². The van der Waals surface area contributed by atoms with Crippen LogP contribution in [0.25, 0.3) is 0 Å². The number of carbonyl (C=O) groups is 1. The van der Waals surface area contributed by atoms with Crippen molar-refractivity contribution in [3.05, 3.63) is 47.3 Å². The maximum atomic E-state index is 12.2. The Kier molecular flexibility index (Phi) is 4.20. The Morgan fingerprint density at radius 1 is 1.40 bits per heavy atom. The number of rotatable bonds is 4. The monoisotopic (exact) mass is 273 g/mol. The van der Waals surface area contributed by atoms with Crippen molar-refractivity contribution >= 4 is 11.6 Å². The topological polar surface area (TPSA) is 67.2 Å². The Hall–Kier alpha value is -2.14. The molecule has 1 amide bonds. The van der Waals surface area contributed by atoms with E-state index in [4.69, 9.17) is 0 Å². The van der Waals surface area contributed by atoms with Gasteiger partial charge in [-0.2, -0.15) is 5.10 Å². The van der Waals surface area contributed by atoms with Gasteiger partial charge in [0.15, 0.2) is 0 Å². The molecule has 2 aromatic rings. The molecule has 5 heteroatoms. The second-order valence-corrected chi connectivity index (χ2v) is 4.75. The van der Waals surface area contributed by atoms with E-state index < -0.39 is 6.10 Å². The molecule has 0 saturated heterocycles. The number of nitrogens with zero attached hydrogens (tertiary/aromatic N) is 2. The Bertz CT molecular complexity index is 600. The van der Waals surface area contributed by atoms with Gasteiger partial charge in [0.05, 0.1) is 11.8 Å². The van der Waals surface area contributed by atoms with E-state index in [1.807, 2.05) is 6.92 Å². The Balaban J connectivity index is 2.12. The van der Waals surface area contributed by atoms with Crippen molar-refractivity contribution in [1.29, 1.82) is 0 Å². The zero-order chi connectivity index (χ0) is 14.7.